The molecule has 0 amide bonds. The van der Waals surface area contributed by atoms with Gasteiger partial charge in [-0.25, -0.2) is 4.79 Å². The molecule has 1 N–H and O–H groups in total. The molecule has 0 saturated heterocycles. The van der Waals surface area contributed by atoms with E-state index < -0.39 is 5.97 Å². The molecule has 15 heavy (non-hydrogen) atoms. The number of esters is 1. The first-order valence-corrected chi connectivity index (χ1v) is 4.43. The Hall–Kier alpha value is -2.20. The van der Waals surface area contributed by atoms with E-state index in [-0.39, 0.29) is 6.61 Å². The van der Waals surface area contributed by atoms with Gasteiger partial charge in [0.25, 0.3) is 0 Å². The minimum absolute atomic E-state index is 0.271. The summed E-state index contributed by atoms with van der Waals surface area (Å²) in [5.41, 5.74) is 0.700. The summed E-state index contributed by atoms with van der Waals surface area (Å²) >= 11 is 0. The van der Waals surface area contributed by atoms with Crippen molar-refractivity contribution in [2.24, 2.45) is 0 Å². The third-order valence-electron chi connectivity index (χ3n) is 1.68. The average molecular weight is 202 g/mol. The van der Waals surface area contributed by atoms with E-state index in [1.54, 1.807) is 6.92 Å². The minimum atomic E-state index is -0.439. The second-order valence-corrected chi connectivity index (χ2v) is 2.73. The van der Waals surface area contributed by atoms with E-state index in [0.29, 0.717) is 17.7 Å². The van der Waals surface area contributed by atoms with Gasteiger partial charge in [-0.1, -0.05) is 0 Å². The zero-order chi connectivity index (χ0) is 11.1. The second-order valence-electron chi connectivity index (χ2n) is 2.73. The van der Waals surface area contributed by atoms with Gasteiger partial charge in [0, 0.05) is 12.6 Å². The number of aromatic nitrogens is 1. The molecule has 0 aliphatic carbocycles. The van der Waals surface area contributed by atoms with Gasteiger partial charge < -0.3 is 9.72 Å². The highest BCUT2D eigenvalue weighted by Gasteiger charge is 2.08. The van der Waals surface area contributed by atoms with Gasteiger partial charge in [-0.3, -0.25) is 0 Å². The number of rotatable bonds is 3. The number of aromatic amines is 1. The Labute approximate surface area is 87.9 Å². The van der Waals surface area contributed by atoms with Crippen LogP contribution in [0.2, 0.25) is 0 Å². The van der Waals surface area contributed by atoms with Crippen molar-refractivity contribution in [2.45, 2.75) is 13.3 Å². The Balaban J connectivity index is 2.46. The van der Waals surface area contributed by atoms with Gasteiger partial charge in [0.15, 0.2) is 0 Å². The standard InChI is InChI=1S/C11H10N2O2/c1-2-3-4-5-15-11(14)9-6-10(7-12)13-8-9/h6,8,13H,4-5H2,1H3. The molecule has 4 nitrogen and oxygen atoms in total. The topological polar surface area (TPSA) is 65.9 Å². The maximum atomic E-state index is 11.3. The SMILES string of the molecule is CC#CCCOC(=O)c1c[nH]c(C#N)c1. The smallest absolute Gasteiger partial charge is 0.339 e. The van der Waals surface area contributed by atoms with E-state index in [1.165, 1.54) is 12.3 Å². The fourth-order valence-corrected chi connectivity index (χ4v) is 0.980. The summed E-state index contributed by atoms with van der Waals surface area (Å²) in [5.74, 6) is 5.05. The molecule has 0 saturated carbocycles. The van der Waals surface area contributed by atoms with Crippen molar-refractivity contribution in [1.29, 1.82) is 5.26 Å². The molecule has 0 aliphatic heterocycles. The fourth-order valence-electron chi connectivity index (χ4n) is 0.980. The maximum Gasteiger partial charge on any atom is 0.339 e. The molecule has 1 aromatic heterocycles. The van der Waals surface area contributed by atoms with Crippen LogP contribution in [0, 0.1) is 23.2 Å². The van der Waals surface area contributed by atoms with E-state index in [0.717, 1.165) is 0 Å². The number of nitrogens with one attached hydrogen (secondary N) is 1. The van der Waals surface area contributed by atoms with Crippen LogP contribution in [-0.2, 0) is 4.74 Å². The highest BCUT2D eigenvalue weighted by Crippen LogP contribution is 2.04. The number of nitriles is 1. The lowest BCUT2D eigenvalue weighted by atomic mass is 10.3. The number of ether oxygens (including phenoxy) is 1. The van der Waals surface area contributed by atoms with Crippen molar-refractivity contribution in [1.82, 2.24) is 4.98 Å². The van der Waals surface area contributed by atoms with Crippen LogP contribution in [0.3, 0.4) is 0 Å². The molecule has 1 heterocycles. The molecular formula is C11H10N2O2. The summed E-state index contributed by atoms with van der Waals surface area (Å²) in [7, 11) is 0. The monoisotopic (exact) mass is 202 g/mol. The summed E-state index contributed by atoms with van der Waals surface area (Å²) in [6.45, 7) is 2.00. The summed E-state index contributed by atoms with van der Waals surface area (Å²) in [4.78, 5) is 14.0. The van der Waals surface area contributed by atoms with Crippen LogP contribution in [0.5, 0.6) is 0 Å². The molecule has 1 aromatic rings. The van der Waals surface area contributed by atoms with Gasteiger partial charge in [0.1, 0.15) is 18.4 Å². The number of hydrogen-bond acceptors (Lipinski definition) is 3. The predicted octanol–water partition coefficient (Wildman–Crippen LogP) is 1.46. The Morgan fingerprint density at radius 3 is 3.07 bits per heavy atom. The normalized spacial score (nSPS) is 8.53. The van der Waals surface area contributed by atoms with Crippen molar-refractivity contribution in [2.75, 3.05) is 6.61 Å². The molecular weight excluding hydrogens is 192 g/mol. The summed E-state index contributed by atoms with van der Waals surface area (Å²) in [6.07, 6.45) is 1.98. The Morgan fingerprint density at radius 2 is 2.47 bits per heavy atom. The molecule has 1 rings (SSSR count). The number of hydrogen-bond donors (Lipinski definition) is 1. The van der Waals surface area contributed by atoms with Crippen molar-refractivity contribution >= 4 is 5.97 Å². The molecule has 76 valence electrons. The first-order chi connectivity index (χ1) is 7.27. The number of H-pyrrole nitrogens is 1. The second kappa shape index (κ2) is 5.51. The van der Waals surface area contributed by atoms with Crippen LogP contribution in [-0.4, -0.2) is 17.6 Å². The van der Waals surface area contributed by atoms with E-state index in [2.05, 4.69) is 16.8 Å². The number of nitrogens with zero attached hydrogens (tertiary/aromatic N) is 1. The highest BCUT2D eigenvalue weighted by molar-refractivity contribution is 5.89. The fraction of sp³-hybridized carbons (Fsp3) is 0.273. The molecule has 0 spiro atoms. The van der Waals surface area contributed by atoms with E-state index in [1.807, 2.05) is 6.07 Å². The lowest BCUT2D eigenvalue weighted by molar-refractivity contribution is 0.0514. The largest absolute Gasteiger partial charge is 0.461 e. The molecule has 0 radical (unpaired) electrons. The van der Waals surface area contributed by atoms with Crippen LogP contribution in [0.1, 0.15) is 29.4 Å². The molecule has 0 aliphatic rings. The van der Waals surface area contributed by atoms with Crippen LogP contribution in [0.15, 0.2) is 12.3 Å². The first-order valence-electron chi connectivity index (χ1n) is 4.43. The maximum absolute atomic E-state index is 11.3. The van der Waals surface area contributed by atoms with Gasteiger partial charge in [-0.05, 0) is 13.0 Å². The van der Waals surface area contributed by atoms with Gasteiger partial charge in [-0.2, -0.15) is 5.26 Å². The summed E-state index contributed by atoms with van der Waals surface area (Å²) in [6, 6.07) is 3.35. The first kappa shape index (κ1) is 10.9. The lowest BCUT2D eigenvalue weighted by Gasteiger charge is -1.98. The number of carbonyl (C=O) groups is 1. The summed E-state index contributed by atoms with van der Waals surface area (Å²) in [5, 5.41) is 8.53. The predicted molar refractivity (Wildman–Crippen MR) is 53.9 cm³/mol. The van der Waals surface area contributed by atoms with E-state index >= 15 is 0 Å². The third kappa shape index (κ3) is 3.21. The zero-order valence-electron chi connectivity index (χ0n) is 8.33. The number of carbonyl (C=O) groups excluding carboxylic acids is 1. The third-order valence-corrected chi connectivity index (χ3v) is 1.68. The van der Waals surface area contributed by atoms with E-state index in [9.17, 15) is 4.79 Å². The molecule has 0 unspecified atom stereocenters. The van der Waals surface area contributed by atoms with Crippen LogP contribution in [0.4, 0.5) is 0 Å². The van der Waals surface area contributed by atoms with Crippen molar-refractivity contribution in [3.05, 3.63) is 23.5 Å². The van der Waals surface area contributed by atoms with Crippen molar-refractivity contribution in [3.8, 4) is 17.9 Å². The van der Waals surface area contributed by atoms with Crippen LogP contribution < -0.4 is 0 Å². The molecule has 0 bridgehead atoms. The lowest BCUT2D eigenvalue weighted by Crippen LogP contribution is -2.04. The zero-order valence-corrected chi connectivity index (χ0v) is 8.33. The molecule has 0 fully saturated rings. The molecule has 4 heteroatoms. The molecule has 0 aromatic carbocycles. The van der Waals surface area contributed by atoms with Gasteiger partial charge in [-0.15, -0.1) is 11.8 Å². The van der Waals surface area contributed by atoms with Gasteiger partial charge >= 0.3 is 5.97 Å². The average Bonchev–Trinajstić information content (AvgIpc) is 2.72. The van der Waals surface area contributed by atoms with Crippen molar-refractivity contribution in [3.63, 3.8) is 0 Å². The Bertz CT molecular complexity index is 443. The van der Waals surface area contributed by atoms with Gasteiger partial charge in [0.2, 0.25) is 0 Å². The van der Waals surface area contributed by atoms with Gasteiger partial charge in [0.05, 0.1) is 5.56 Å². The minimum Gasteiger partial charge on any atom is -0.461 e. The highest BCUT2D eigenvalue weighted by atomic mass is 16.5. The Kier molecular flexibility index (Phi) is 4.00. The molecule has 0 atom stereocenters. The van der Waals surface area contributed by atoms with Crippen molar-refractivity contribution < 1.29 is 9.53 Å². The Morgan fingerprint density at radius 1 is 1.67 bits per heavy atom. The van der Waals surface area contributed by atoms with Crippen LogP contribution >= 0.6 is 0 Å². The summed E-state index contributed by atoms with van der Waals surface area (Å²) < 4.78 is 4.92. The van der Waals surface area contributed by atoms with E-state index in [4.69, 9.17) is 10.00 Å². The van der Waals surface area contributed by atoms with Crippen LogP contribution in [0.25, 0.3) is 0 Å². The quantitative estimate of drug-likeness (QED) is 0.458.